The number of aromatic amines is 1. The fourth-order valence-electron chi connectivity index (χ4n) is 4.25. The number of amides is 1. The second kappa shape index (κ2) is 10.3. The summed E-state index contributed by atoms with van der Waals surface area (Å²) in [6.07, 6.45) is 3.46. The molecule has 1 amide bonds. The fourth-order valence-corrected chi connectivity index (χ4v) is 4.25. The number of hydrogen-bond donors (Lipinski definition) is 2. The molecular formula is C28H25FN4O2. The molecule has 5 rings (SSSR count). The average molecular weight is 469 g/mol. The molecule has 2 N–H and O–H groups in total. The van der Waals surface area contributed by atoms with E-state index in [0.717, 1.165) is 22.0 Å². The van der Waals surface area contributed by atoms with Crippen LogP contribution in [0.1, 0.15) is 35.8 Å². The molecule has 0 fully saturated rings. The SMILES string of the molecule is O=C(CCCc1nc(-c2ccc(F)cc2)no1)NCC(c1ccccc1)c1c[nH]c2ccccc12. The van der Waals surface area contributed by atoms with E-state index in [4.69, 9.17) is 4.52 Å². The lowest BCUT2D eigenvalue weighted by Crippen LogP contribution is -2.28. The van der Waals surface area contributed by atoms with Gasteiger partial charge in [0.1, 0.15) is 5.82 Å². The molecule has 0 saturated carbocycles. The molecule has 0 radical (unpaired) electrons. The number of nitrogens with zero attached hydrogens (tertiary/aromatic N) is 2. The van der Waals surface area contributed by atoms with Gasteiger partial charge in [-0.3, -0.25) is 4.79 Å². The molecule has 5 aromatic rings. The number of carbonyl (C=O) groups excluding carboxylic acids is 1. The van der Waals surface area contributed by atoms with Gasteiger partial charge >= 0.3 is 0 Å². The van der Waals surface area contributed by atoms with Crippen LogP contribution in [0.15, 0.2) is 89.6 Å². The van der Waals surface area contributed by atoms with Crippen LogP contribution in [-0.4, -0.2) is 27.6 Å². The molecule has 6 nitrogen and oxygen atoms in total. The number of hydrogen-bond acceptors (Lipinski definition) is 4. The number of rotatable bonds is 9. The summed E-state index contributed by atoms with van der Waals surface area (Å²) >= 11 is 0. The summed E-state index contributed by atoms with van der Waals surface area (Å²) in [7, 11) is 0. The van der Waals surface area contributed by atoms with Crippen LogP contribution >= 0.6 is 0 Å². The van der Waals surface area contributed by atoms with E-state index >= 15 is 0 Å². The van der Waals surface area contributed by atoms with Crippen molar-refractivity contribution in [1.82, 2.24) is 20.4 Å². The molecule has 0 saturated heterocycles. The maximum Gasteiger partial charge on any atom is 0.226 e. The second-order valence-corrected chi connectivity index (χ2v) is 8.43. The van der Waals surface area contributed by atoms with E-state index in [2.05, 4.69) is 44.7 Å². The average Bonchev–Trinajstić information content (AvgIpc) is 3.53. The Morgan fingerprint density at radius 2 is 1.77 bits per heavy atom. The number of fused-ring (bicyclic) bond motifs is 1. The van der Waals surface area contributed by atoms with Gasteiger partial charge in [0.2, 0.25) is 17.6 Å². The standard InChI is InChI=1S/C28H25FN4O2/c29-21-15-13-20(14-16-21)28-32-27(35-33-28)12-6-11-26(34)31-17-23(19-7-2-1-3-8-19)24-18-30-25-10-5-4-9-22(24)25/h1-5,7-10,13-16,18,23,30H,6,11-12,17H2,(H,31,34). The molecule has 0 aliphatic rings. The number of para-hydroxylation sites is 1. The van der Waals surface area contributed by atoms with Crippen molar-refractivity contribution < 1.29 is 13.7 Å². The molecule has 0 aliphatic heterocycles. The van der Waals surface area contributed by atoms with Crippen molar-refractivity contribution in [3.8, 4) is 11.4 Å². The molecule has 176 valence electrons. The van der Waals surface area contributed by atoms with Gasteiger partial charge in [-0.25, -0.2) is 4.39 Å². The smallest absolute Gasteiger partial charge is 0.226 e. The highest BCUT2D eigenvalue weighted by Gasteiger charge is 2.19. The Balaban J connectivity index is 1.19. The Morgan fingerprint density at radius 1 is 1.00 bits per heavy atom. The Kier molecular flexibility index (Phi) is 6.66. The third-order valence-corrected chi connectivity index (χ3v) is 6.07. The van der Waals surface area contributed by atoms with Crippen LogP contribution in [-0.2, 0) is 11.2 Å². The zero-order valence-electron chi connectivity index (χ0n) is 19.1. The number of H-pyrrole nitrogens is 1. The third kappa shape index (κ3) is 5.30. The molecule has 3 aromatic carbocycles. The van der Waals surface area contributed by atoms with Crippen LogP contribution in [0.5, 0.6) is 0 Å². The van der Waals surface area contributed by atoms with Crippen molar-refractivity contribution in [3.05, 3.63) is 108 Å². The van der Waals surface area contributed by atoms with Crippen molar-refractivity contribution in [3.63, 3.8) is 0 Å². The highest BCUT2D eigenvalue weighted by molar-refractivity contribution is 5.84. The maximum atomic E-state index is 13.1. The number of aryl methyl sites for hydroxylation is 1. The molecule has 0 aliphatic carbocycles. The molecule has 1 unspecified atom stereocenters. The van der Waals surface area contributed by atoms with Gasteiger partial charge in [-0.05, 0) is 47.9 Å². The molecule has 35 heavy (non-hydrogen) atoms. The van der Waals surface area contributed by atoms with Crippen LogP contribution in [0.4, 0.5) is 4.39 Å². The lowest BCUT2D eigenvalue weighted by atomic mass is 9.91. The zero-order valence-corrected chi connectivity index (χ0v) is 19.1. The van der Waals surface area contributed by atoms with Crippen molar-refractivity contribution in [2.24, 2.45) is 0 Å². The lowest BCUT2D eigenvalue weighted by molar-refractivity contribution is -0.121. The van der Waals surface area contributed by atoms with E-state index in [1.165, 1.54) is 12.1 Å². The number of aromatic nitrogens is 3. The van der Waals surface area contributed by atoms with Gasteiger partial charge in [0.25, 0.3) is 0 Å². The predicted octanol–water partition coefficient (Wildman–Crippen LogP) is 5.63. The molecular weight excluding hydrogens is 443 g/mol. The first-order valence-corrected chi connectivity index (χ1v) is 11.6. The first-order chi connectivity index (χ1) is 17.2. The minimum atomic E-state index is -0.317. The van der Waals surface area contributed by atoms with E-state index in [1.54, 1.807) is 12.1 Å². The van der Waals surface area contributed by atoms with Crippen molar-refractivity contribution in [2.75, 3.05) is 6.54 Å². The molecule has 0 spiro atoms. The van der Waals surface area contributed by atoms with Gasteiger partial charge in [-0.1, -0.05) is 53.7 Å². The van der Waals surface area contributed by atoms with Crippen molar-refractivity contribution in [1.29, 1.82) is 0 Å². The zero-order chi connectivity index (χ0) is 24.0. The highest BCUT2D eigenvalue weighted by Crippen LogP contribution is 2.30. The van der Waals surface area contributed by atoms with Crippen LogP contribution in [0, 0.1) is 5.82 Å². The molecule has 7 heteroatoms. The predicted molar refractivity (Wildman–Crippen MR) is 132 cm³/mol. The number of carbonyl (C=O) groups is 1. The van der Waals surface area contributed by atoms with E-state index in [9.17, 15) is 9.18 Å². The first-order valence-electron chi connectivity index (χ1n) is 11.6. The summed E-state index contributed by atoms with van der Waals surface area (Å²) in [5.41, 5.74) is 4.07. The Labute approximate surface area is 202 Å². The Hall–Kier alpha value is -4.26. The van der Waals surface area contributed by atoms with Crippen molar-refractivity contribution in [2.45, 2.75) is 25.2 Å². The highest BCUT2D eigenvalue weighted by atomic mass is 19.1. The van der Waals surface area contributed by atoms with E-state index in [0.29, 0.717) is 43.1 Å². The number of benzene rings is 3. The largest absolute Gasteiger partial charge is 0.361 e. The molecule has 0 bridgehead atoms. The summed E-state index contributed by atoms with van der Waals surface area (Å²) in [5.74, 6) is 0.559. The summed E-state index contributed by atoms with van der Waals surface area (Å²) in [6, 6.07) is 24.3. The molecule has 1 atom stereocenters. The fraction of sp³-hybridized carbons (Fsp3) is 0.179. The monoisotopic (exact) mass is 468 g/mol. The van der Waals surface area contributed by atoms with Crippen LogP contribution in [0.2, 0.25) is 0 Å². The van der Waals surface area contributed by atoms with Gasteiger partial charge in [0.05, 0.1) is 0 Å². The minimum absolute atomic E-state index is 0.0240. The van der Waals surface area contributed by atoms with Crippen LogP contribution in [0.3, 0.4) is 0 Å². The normalized spacial score (nSPS) is 12.0. The van der Waals surface area contributed by atoms with Crippen LogP contribution < -0.4 is 5.32 Å². The number of halogens is 1. The Bertz CT molecular complexity index is 1410. The molecule has 2 aromatic heterocycles. The number of nitrogens with one attached hydrogen (secondary N) is 2. The second-order valence-electron chi connectivity index (χ2n) is 8.43. The third-order valence-electron chi connectivity index (χ3n) is 6.07. The van der Waals surface area contributed by atoms with Crippen LogP contribution in [0.25, 0.3) is 22.3 Å². The lowest BCUT2D eigenvalue weighted by Gasteiger charge is -2.18. The van der Waals surface area contributed by atoms with Gasteiger partial charge in [0.15, 0.2) is 0 Å². The first kappa shape index (κ1) is 22.5. The summed E-state index contributed by atoms with van der Waals surface area (Å²) in [5, 5.41) is 8.21. The summed E-state index contributed by atoms with van der Waals surface area (Å²) < 4.78 is 18.4. The summed E-state index contributed by atoms with van der Waals surface area (Å²) in [4.78, 5) is 20.3. The topological polar surface area (TPSA) is 83.8 Å². The Morgan fingerprint density at radius 3 is 2.60 bits per heavy atom. The van der Waals surface area contributed by atoms with Gasteiger partial charge in [-0.15, -0.1) is 0 Å². The van der Waals surface area contributed by atoms with Gasteiger partial charge in [-0.2, -0.15) is 4.98 Å². The molecule has 2 heterocycles. The van der Waals surface area contributed by atoms with Crippen molar-refractivity contribution >= 4 is 16.8 Å². The summed E-state index contributed by atoms with van der Waals surface area (Å²) in [6.45, 7) is 0.500. The van der Waals surface area contributed by atoms with E-state index in [-0.39, 0.29) is 17.6 Å². The minimum Gasteiger partial charge on any atom is -0.361 e. The van der Waals surface area contributed by atoms with E-state index < -0.39 is 0 Å². The maximum absolute atomic E-state index is 13.1. The van der Waals surface area contributed by atoms with Gasteiger partial charge < -0.3 is 14.8 Å². The van der Waals surface area contributed by atoms with E-state index in [1.807, 2.05) is 36.5 Å². The van der Waals surface area contributed by atoms with Gasteiger partial charge in [0, 0.05) is 48.0 Å². The quantitative estimate of drug-likeness (QED) is 0.294.